The van der Waals surface area contributed by atoms with Crippen molar-refractivity contribution in [1.82, 2.24) is 0 Å². The molecule has 0 aliphatic rings. The zero-order valence-corrected chi connectivity index (χ0v) is 15.4. The van der Waals surface area contributed by atoms with Gasteiger partial charge in [0, 0.05) is 0 Å². The Morgan fingerprint density at radius 3 is 2.11 bits per heavy atom. The molecule has 2 rings (SSSR count). The van der Waals surface area contributed by atoms with E-state index in [4.69, 9.17) is 4.74 Å². The van der Waals surface area contributed by atoms with E-state index in [1.807, 2.05) is 0 Å². The van der Waals surface area contributed by atoms with Gasteiger partial charge in [0.2, 0.25) is 0 Å². The van der Waals surface area contributed by atoms with Crippen molar-refractivity contribution >= 4 is 0 Å². The normalized spacial score (nSPS) is 13.0. The van der Waals surface area contributed by atoms with Crippen LogP contribution in [0.25, 0.3) is 0 Å². The van der Waals surface area contributed by atoms with Crippen LogP contribution in [0.5, 0.6) is 5.75 Å². The number of rotatable bonds is 10. The molecule has 2 aromatic carbocycles. The summed E-state index contributed by atoms with van der Waals surface area (Å²) < 4.78 is 62.4. The molecule has 2 nitrogen and oxygen atoms in total. The molecule has 0 heterocycles. The molecule has 0 spiro atoms. The van der Waals surface area contributed by atoms with Gasteiger partial charge in [0.25, 0.3) is 0 Å². The molecule has 0 saturated carbocycles. The third-order valence-corrected chi connectivity index (χ3v) is 4.26. The SMILES string of the molecule is CCCCCc1ccc(C(F)(F)OC(C)c2ccc(OC(F)F)cc2)cc1. The fraction of sp³-hybridized carbons (Fsp3) is 0.429. The maximum atomic E-state index is 14.4. The maximum Gasteiger partial charge on any atom is 0.387 e. The van der Waals surface area contributed by atoms with Gasteiger partial charge in [-0.3, -0.25) is 0 Å². The fourth-order valence-corrected chi connectivity index (χ4v) is 2.72. The topological polar surface area (TPSA) is 18.5 Å². The van der Waals surface area contributed by atoms with Crippen molar-refractivity contribution in [3.63, 3.8) is 0 Å². The highest BCUT2D eigenvalue weighted by molar-refractivity contribution is 5.29. The Morgan fingerprint density at radius 2 is 1.56 bits per heavy atom. The number of aryl methyl sites for hydroxylation is 1. The molecule has 6 heteroatoms. The summed E-state index contributed by atoms with van der Waals surface area (Å²) in [6.45, 7) is 0.663. The molecule has 27 heavy (non-hydrogen) atoms. The van der Waals surface area contributed by atoms with Gasteiger partial charge < -0.3 is 9.47 Å². The summed E-state index contributed by atoms with van der Waals surface area (Å²) >= 11 is 0. The summed E-state index contributed by atoms with van der Waals surface area (Å²) in [4.78, 5) is 0. The Kier molecular flexibility index (Phi) is 7.66. The molecule has 0 saturated heterocycles. The third kappa shape index (κ3) is 6.54. The highest BCUT2D eigenvalue weighted by Crippen LogP contribution is 2.35. The minimum Gasteiger partial charge on any atom is -0.435 e. The Hall–Kier alpha value is -2.08. The first-order chi connectivity index (χ1) is 12.8. The molecule has 0 N–H and O–H groups in total. The quantitative estimate of drug-likeness (QED) is 0.329. The van der Waals surface area contributed by atoms with E-state index in [1.54, 1.807) is 12.1 Å². The molecule has 0 amide bonds. The van der Waals surface area contributed by atoms with Gasteiger partial charge in [-0.15, -0.1) is 0 Å². The van der Waals surface area contributed by atoms with Gasteiger partial charge in [0.05, 0.1) is 11.7 Å². The fourth-order valence-electron chi connectivity index (χ4n) is 2.72. The van der Waals surface area contributed by atoms with Crippen molar-refractivity contribution < 1.29 is 27.0 Å². The first-order valence-electron chi connectivity index (χ1n) is 9.01. The lowest BCUT2D eigenvalue weighted by Gasteiger charge is -2.22. The van der Waals surface area contributed by atoms with Crippen molar-refractivity contribution in [3.05, 3.63) is 65.2 Å². The molecule has 0 aliphatic heterocycles. The number of alkyl halides is 4. The van der Waals surface area contributed by atoms with E-state index in [2.05, 4.69) is 11.7 Å². The number of hydrogen-bond donors (Lipinski definition) is 0. The monoisotopic (exact) mass is 384 g/mol. The van der Waals surface area contributed by atoms with Crippen molar-refractivity contribution in [3.8, 4) is 5.75 Å². The lowest BCUT2D eigenvalue weighted by atomic mass is 10.0. The second-order valence-corrected chi connectivity index (χ2v) is 6.38. The minimum atomic E-state index is -3.46. The van der Waals surface area contributed by atoms with Gasteiger partial charge in [-0.2, -0.15) is 17.6 Å². The van der Waals surface area contributed by atoms with Gasteiger partial charge in [0.1, 0.15) is 5.75 Å². The summed E-state index contributed by atoms with van der Waals surface area (Å²) in [5.41, 5.74) is 1.24. The van der Waals surface area contributed by atoms with E-state index < -0.39 is 18.8 Å². The van der Waals surface area contributed by atoms with Crippen LogP contribution in [0.2, 0.25) is 0 Å². The molecule has 0 radical (unpaired) electrons. The second kappa shape index (κ2) is 9.74. The molecular weight excluding hydrogens is 360 g/mol. The van der Waals surface area contributed by atoms with Crippen LogP contribution in [0, 0.1) is 0 Å². The molecule has 1 atom stereocenters. The molecule has 2 aromatic rings. The summed E-state index contributed by atoms with van der Waals surface area (Å²) in [6, 6.07) is 11.6. The van der Waals surface area contributed by atoms with Crippen LogP contribution in [0.3, 0.4) is 0 Å². The molecule has 0 bridgehead atoms. The van der Waals surface area contributed by atoms with Crippen LogP contribution in [-0.2, 0) is 17.3 Å². The predicted molar refractivity (Wildman–Crippen MR) is 96.1 cm³/mol. The predicted octanol–water partition coefficient (Wildman–Crippen LogP) is 6.85. The van der Waals surface area contributed by atoms with Crippen molar-refractivity contribution in [2.75, 3.05) is 0 Å². The summed E-state index contributed by atoms with van der Waals surface area (Å²) in [6.07, 6.45) is -0.268. The van der Waals surface area contributed by atoms with Crippen LogP contribution < -0.4 is 4.74 Å². The van der Waals surface area contributed by atoms with Crippen LogP contribution in [0.4, 0.5) is 17.6 Å². The Morgan fingerprint density at radius 1 is 0.926 bits per heavy atom. The average molecular weight is 384 g/mol. The van der Waals surface area contributed by atoms with Gasteiger partial charge in [-0.1, -0.05) is 56.2 Å². The summed E-state index contributed by atoms with van der Waals surface area (Å²) in [7, 11) is 0. The summed E-state index contributed by atoms with van der Waals surface area (Å²) in [5, 5.41) is 0. The molecule has 1 unspecified atom stereocenters. The standard InChI is InChI=1S/C21H24F4O2/c1-3-4-5-6-16-7-11-18(12-8-16)21(24,25)27-15(2)17-9-13-19(14-10-17)26-20(22)23/h7-15,20H,3-6H2,1-2H3. The Bertz CT molecular complexity index is 684. The van der Waals surface area contributed by atoms with Crippen LogP contribution in [0.15, 0.2) is 48.5 Å². The van der Waals surface area contributed by atoms with E-state index in [-0.39, 0.29) is 11.3 Å². The van der Waals surface area contributed by atoms with Crippen LogP contribution in [-0.4, -0.2) is 6.61 Å². The zero-order chi connectivity index (χ0) is 19.9. The van der Waals surface area contributed by atoms with E-state index in [1.165, 1.54) is 43.3 Å². The van der Waals surface area contributed by atoms with Gasteiger partial charge in [-0.25, -0.2) is 0 Å². The average Bonchev–Trinajstić information content (AvgIpc) is 2.62. The zero-order valence-electron chi connectivity index (χ0n) is 15.4. The largest absolute Gasteiger partial charge is 0.435 e. The molecule has 0 aliphatic carbocycles. The number of halogens is 4. The van der Waals surface area contributed by atoms with E-state index >= 15 is 0 Å². The molecule has 148 valence electrons. The lowest BCUT2D eigenvalue weighted by Crippen LogP contribution is -2.20. The van der Waals surface area contributed by atoms with Crippen molar-refractivity contribution in [2.24, 2.45) is 0 Å². The van der Waals surface area contributed by atoms with Gasteiger partial charge in [-0.05, 0) is 43.0 Å². The number of benzene rings is 2. The van der Waals surface area contributed by atoms with Crippen LogP contribution in [0.1, 0.15) is 55.9 Å². The summed E-state index contributed by atoms with van der Waals surface area (Å²) in [5.74, 6) is -0.0358. The highest BCUT2D eigenvalue weighted by atomic mass is 19.3. The Labute approximate surface area is 157 Å². The second-order valence-electron chi connectivity index (χ2n) is 6.38. The number of ether oxygens (including phenoxy) is 2. The number of hydrogen-bond acceptors (Lipinski definition) is 2. The molecular formula is C21H24F4O2. The number of unbranched alkanes of at least 4 members (excludes halogenated alkanes) is 2. The Balaban J connectivity index is 1.99. The molecule has 0 aromatic heterocycles. The van der Waals surface area contributed by atoms with Gasteiger partial charge in [0.15, 0.2) is 0 Å². The van der Waals surface area contributed by atoms with Crippen molar-refractivity contribution in [1.29, 1.82) is 0 Å². The maximum absolute atomic E-state index is 14.4. The van der Waals surface area contributed by atoms with E-state index in [0.717, 1.165) is 31.2 Å². The van der Waals surface area contributed by atoms with E-state index in [9.17, 15) is 17.6 Å². The smallest absolute Gasteiger partial charge is 0.387 e. The first-order valence-corrected chi connectivity index (χ1v) is 9.01. The van der Waals surface area contributed by atoms with E-state index in [0.29, 0.717) is 5.56 Å². The first kappa shape index (κ1) is 21.2. The molecule has 0 fully saturated rings. The van der Waals surface area contributed by atoms with Gasteiger partial charge >= 0.3 is 12.7 Å². The lowest BCUT2D eigenvalue weighted by molar-refractivity contribution is -0.272. The van der Waals surface area contributed by atoms with Crippen LogP contribution >= 0.6 is 0 Å². The third-order valence-electron chi connectivity index (χ3n) is 4.26. The van der Waals surface area contributed by atoms with Crippen molar-refractivity contribution in [2.45, 2.75) is 58.4 Å². The highest BCUT2D eigenvalue weighted by Gasteiger charge is 2.35. The minimum absolute atomic E-state index is 0.0358.